The van der Waals surface area contributed by atoms with Crippen molar-refractivity contribution >= 4 is 27.3 Å². The van der Waals surface area contributed by atoms with Crippen molar-refractivity contribution in [2.24, 2.45) is 5.92 Å². The third-order valence-electron chi connectivity index (χ3n) is 2.97. The number of hydrogen-bond donors (Lipinski definition) is 0. The maximum absolute atomic E-state index is 4.49. The van der Waals surface area contributed by atoms with Crippen LogP contribution < -0.4 is 0 Å². The summed E-state index contributed by atoms with van der Waals surface area (Å²) < 4.78 is 2.78. The van der Waals surface area contributed by atoms with Crippen LogP contribution in [0.1, 0.15) is 19.4 Å². The van der Waals surface area contributed by atoms with Gasteiger partial charge in [-0.3, -0.25) is 0 Å². The van der Waals surface area contributed by atoms with Gasteiger partial charge >= 0.3 is 0 Å². The van der Waals surface area contributed by atoms with Crippen LogP contribution in [0.5, 0.6) is 0 Å². The molecule has 0 N–H and O–H groups in total. The van der Waals surface area contributed by atoms with Crippen molar-refractivity contribution in [1.82, 2.24) is 19.7 Å². The largest absolute Gasteiger partial charge is 0.237 e. The van der Waals surface area contributed by atoms with E-state index in [0.717, 1.165) is 26.7 Å². The zero-order valence-electron chi connectivity index (χ0n) is 11.8. The van der Waals surface area contributed by atoms with Crippen LogP contribution in [-0.4, -0.2) is 19.7 Å². The first-order chi connectivity index (χ1) is 10.1. The smallest absolute Gasteiger partial charge is 0.191 e. The zero-order chi connectivity index (χ0) is 14.8. The van der Waals surface area contributed by atoms with Gasteiger partial charge in [-0.1, -0.05) is 19.9 Å². The van der Waals surface area contributed by atoms with Crippen LogP contribution in [0.15, 0.2) is 40.6 Å². The first-order valence-corrected chi connectivity index (χ1v) is 8.35. The van der Waals surface area contributed by atoms with Gasteiger partial charge in [0.2, 0.25) is 0 Å². The van der Waals surface area contributed by atoms with Gasteiger partial charge in [-0.2, -0.15) is 0 Å². The van der Waals surface area contributed by atoms with E-state index in [1.54, 1.807) is 22.3 Å². The molecule has 0 unspecified atom stereocenters. The third kappa shape index (κ3) is 3.39. The minimum absolute atomic E-state index is 0.632. The molecule has 0 saturated heterocycles. The topological polar surface area (TPSA) is 43.6 Å². The molecule has 21 heavy (non-hydrogen) atoms. The monoisotopic (exact) mass is 362 g/mol. The molecule has 108 valence electrons. The number of nitrogens with zero attached hydrogens (tertiary/aromatic N) is 4. The summed E-state index contributed by atoms with van der Waals surface area (Å²) in [5, 5.41) is 4.49. The molecule has 4 nitrogen and oxygen atoms in total. The van der Waals surface area contributed by atoms with Gasteiger partial charge in [-0.05, 0) is 52.0 Å². The van der Waals surface area contributed by atoms with E-state index in [1.165, 1.54) is 5.56 Å². The van der Waals surface area contributed by atoms with Gasteiger partial charge in [0.15, 0.2) is 11.6 Å². The van der Waals surface area contributed by atoms with Gasteiger partial charge in [-0.15, -0.1) is 16.4 Å². The lowest BCUT2D eigenvalue weighted by atomic mass is 10.1. The molecule has 0 spiro atoms. The highest BCUT2D eigenvalue weighted by Gasteiger charge is 2.08. The average Bonchev–Trinajstić information content (AvgIpc) is 3.07. The number of rotatable bonds is 4. The molecule has 6 heteroatoms. The molecule has 0 amide bonds. The standard InChI is InChI=1S/C15H15BrN4S/c1-10(2)7-11-3-6-14(17-8-11)20-9-18-15(19-20)12-4-5-13(16)21-12/h3-6,8-10H,7H2,1-2H3. The molecule has 3 rings (SSSR count). The molecule has 0 aromatic carbocycles. The SMILES string of the molecule is CC(C)Cc1ccc(-n2cnc(-c3ccc(Br)s3)n2)nc1. The van der Waals surface area contributed by atoms with E-state index in [9.17, 15) is 0 Å². The van der Waals surface area contributed by atoms with E-state index >= 15 is 0 Å². The predicted molar refractivity (Wildman–Crippen MR) is 88.7 cm³/mol. The lowest BCUT2D eigenvalue weighted by Crippen LogP contribution is -2.00. The van der Waals surface area contributed by atoms with E-state index in [4.69, 9.17) is 0 Å². The molecule has 0 aliphatic heterocycles. The van der Waals surface area contributed by atoms with Crippen molar-refractivity contribution in [3.63, 3.8) is 0 Å². The summed E-state index contributed by atoms with van der Waals surface area (Å²) in [7, 11) is 0. The molecule has 3 aromatic rings. The minimum Gasteiger partial charge on any atom is -0.237 e. The Hall–Kier alpha value is -1.53. The molecule has 3 aromatic heterocycles. The van der Waals surface area contributed by atoms with Crippen LogP contribution in [0.2, 0.25) is 0 Å². The Balaban J connectivity index is 1.83. The van der Waals surface area contributed by atoms with Crippen LogP contribution in [0.3, 0.4) is 0 Å². The molecule has 0 fully saturated rings. The summed E-state index contributed by atoms with van der Waals surface area (Å²) in [4.78, 5) is 9.86. The molecule has 0 atom stereocenters. The first-order valence-electron chi connectivity index (χ1n) is 6.74. The second-order valence-electron chi connectivity index (χ2n) is 5.24. The van der Waals surface area contributed by atoms with E-state index in [0.29, 0.717) is 5.92 Å². The number of pyridine rings is 1. The van der Waals surface area contributed by atoms with Crippen molar-refractivity contribution in [2.45, 2.75) is 20.3 Å². The Bertz CT molecular complexity index is 730. The van der Waals surface area contributed by atoms with Crippen molar-refractivity contribution < 1.29 is 0 Å². The lowest BCUT2D eigenvalue weighted by Gasteiger charge is -2.05. The molecule has 0 aliphatic rings. The summed E-state index contributed by atoms with van der Waals surface area (Å²) in [5.41, 5.74) is 1.25. The molecule has 0 aliphatic carbocycles. The Morgan fingerprint density at radius 1 is 1.19 bits per heavy atom. The van der Waals surface area contributed by atoms with E-state index in [-0.39, 0.29) is 0 Å². The number of thiophene rings is 1. The molecule has 0 bridgehead atoms. The van der Waals surface area contributed by atoms with Crippen molar-refractivity contribution in [1.29, 1.82) is 0 Å². The van der Waals surface area contributed by atoms with Crippen molar-refractivity contribution in [3.8, 4) is 16.5 Å². The van der Waals surface area contributed by atoms with Crippen LogP contribution >= 0.6 is 27.3 Å². The summed E-state index contributed by atoms with van der Waals surface area (Å²) in [5.74, 6) is 2.14. The maximum atomic E-state index is 4.49. The quantitative estimate of drug-likeness (QED) is 0.692. The number of halogens is 1. The first kappa shape index (κ1) is 14.4. The van der Waals surface area contributed by atoms with Gasteiger partial charge in [0.1, 0.15) is 6.33 Å². The lowest BCUT2D eigenvalue weighted by molar-refractivity contribution is 0.645. The second kappa shape index (κ2) is 6.07. The Morgan fingerprint density at radius 3 is 2.67 bits per heavy atom. The minimum atomic E-state index is 0.632. The van der Waals surface area contributed by atoms with Gasteiger partial charge in [0.05, 0.1) is 8.66 Å². The van der Waals surface area contributed by atoms with Gasteiger partial charge in [0, 0.05) is 6.20 Å². The van der Waals surface area contributed by atoms with Crippen LogP contribution in [0.4, 0.5) is 0 Å². The highest BCUT2D eigenvalue weighted by molar-refractivity contribution is 9.11. The number of aromatic nitrogens is 4. The highest BCUT2D eigenvalue weighted by atomic mass is 79.9. The average molecular weight is 363 g/mol. The van der Waals surface area contributed by atoms with Crippen LogP contribution in [0.25, 0.3) is 16.5 Å². The predicted octanol–water partition coefficient (Wildman–Crippen LogP) is 4.35. The Morgan fingerprint density at radius 2 is 2.05 bits per heavy atom. The molecule has 0 saturated carbocycles. The Labute approximate surface area is 136 Å². The van der Waals surface area contributed by atoms with Gasteiger partial charge in [-0.25, -0.2) is 14.6 Å². The Kier molecular flexibility index (Phi) is 4.17. The summed E-state index contributed by atoms with van der Waals surface area (Å²) >= 11 is 5.07. The molecular formula is C15H15BrN4S. The normalized spacial score (nSPS) is 11.2. The zero-order valence-corrected chi connectivity index (χ0v) is 14.2. The summed E-state index contributed by atoms with van der Waals surface area (Å²) in [6, 6.07) is 8.10. The summed E-state index contributed by atoms with van der Waals surface area (Å²) in [6.07, 6.45) is 4.66. The fourth-order valence-corrected chi connectivity index (χ4v) is 3.39. The molecule has 3 heterocycles. The van der Waals surface area contributed by atoms with Gasteiger partial charge in [0.25, 0.3) is 0 Å². The molecule has 0 radical (unpaired) electrons. The maximum Gasteiger partial charge on any atom is 0.191 e. The van der Waals surface area contributed by atoms with Crippen molar-refractivity contribution in [2.75, 3.05) is 0 Å². The summed E-state index contributed by atoms with van der Waals surface area (Å²) in [6.45, 7) is 4.41. The number of hydrogen-bond acceptors (Lipinski definition) is 4. The van der Waals surface area contributed by atoms with Crippen LogP contribution in [0, 0.1) is 5.92 Å². The van der Waals surface area contributed by atoms with E-state index in [1.807, 2.05) is 24.4 Å². The van der Waals surface area contributed by atoms with Crippen molar-refractivity contribution in [3.05, 3.63) is 46.1 Å². The van der Waals surface area contributed by atoms with Crippen LogP contribution in [-0.2, 0) is 6.42 Å². The fourth-order valence-electron chi connectivity index (χ4n) is 2.07. The van der Waals surface area contributed by atoms with E-state index in [2.05, 4.69) is 50.9 Å². The van der Waals surface area contributed by atoms with Gasteiger partial charge < -0.3 is 0 Å². The second-order valence-corrected chi connectivity index (χ2v) is 7.70. The fraction of sp³-hybridized carbons (Fsp3) is 0.267. The third-order valence-corrected chi connectivity index (χ3v) is 4.59. The highest BCUT2D eigenvalue weighted by Crippen LogP contribution is 2.29. The van der Waals surface area contributed by atoms with E-state index < -0.39 is 0 Å². The molecular weight excluding hydrogens is 348 g/mol.